The molecule has 0 radical (unpaired) electrons. The van der Waals surface area contributed by atoms with Crippen LogP contribution in [0.2, 0.25) is 0 Å². The van der Waals surface area contributed by atoms with Crippen LogP contribution in [0.25, 0.3) is 0 Å². The quantitative estimate of drug-likeness (QED) is 0.676. The lowest BCUT2D eigenvalue weighted by Gasteiger charge is -2.22. The summed E-state index contributed by atoms with van der Waals surface area (Å²) in [6, 6.07) is 0. The minimum atomic E-state index is 0.932. The summed E-state index contributed by atoms with van der Waals surface area (Å²) in [5.74, 6) is 0.932. The molecular formula is C10H24N2. The van der Waals surface area contributed by atoms with Gasteiger partial charge in [-0.15, -0.1) is 0 Å². The van der Waals surface area contributed by atoms with Gasteiger partial charge in [-0.2, -0.15) is 0 Å². The van der Waals surface area contributed by atoms with Crippen LogP contribution in [-0.2, 0) is 0 Å². The first kappa shape index (κ1) is 11.9. The van der Waals surface area contributed by atoms with E-state index < -0.39 is 0 Å². The highest BCUT2D eigenvalue weighted by Crippen LogP contribution is 2.12. The van der Waals surface area contributed by atoms with Crippen molar-refractivity contribution in [1.82, 2.24) is 10.6 Å². The van der Waals surface area contributed by atoms with Gasteiger partial charge >= 0.3 is 0 Å². The van der Waals surface area contributed by atoms with Crippen molar-refractivity contribution in [2.75, 3.05) is 26.7 Å². The molecular weight excluding hydrogens is 148 g/mol. The van der Waals surface area contributed by atoms with E-state index in [0.29, 0.717) is 0 Å². The van der Waals surface area contributed by atoms with Crippen LogP contribution in [0.4, 0.5) is 0 Å². The molecule has 0 spiro atoms. The fourth-order valence-electron chi connectivity index (χ4n) is 1.52. The average Bonchev–Trinajstić information content (AvgIpc) is 2.19. The summed E-state index contributed by atoms with van der Waals surface area (Å²) in [6.45, 7) is 7.64. The van der Waals surface area contributed by atoms with Crippen molar-refractivity contribution in [1.29, 1.82) is 0 Å². The van der Waals surface area contributed by atoms with Gasteiger partial charge in [0.2, 0.25) is 0 Å². The van der Waals surface area contributed by atoms with E-state index in [1.165, 1.54) is 38.9 Å². The minimum absolute atomic E-state index is 0.932. The zero-order chi connectivity index (χ0) is 9.23. The lowest BCUT2D eigenvalue weighted by molar-refractivity contribution is 0.355. The molecule has 1 aliphatic heterocycles. The van der Waals surface area contributed by atoms with E-state index in [9.17, 15) is 0 Å². The molecule has 2 heteroatoms. The van der Waals surface area contributed by atoms with Gasteiger partial charge in [0.05, 0.1) is 0 Å². The molecule has 1 atom stereocenters. The molecule has 0 aromatic rings. The Balaban J connectivity index is 0.000000561. The molecule has 0 amide bonds. The predicted molar refractivity (Wildman–Crippen MR) is 55.5 cm³/mol. The maximum atomic E-state index is 3.42. The Labute approximate surface area is 77.1 Å². The SMILES string of the molecule is CC.CNCCC1CCCNC1. The van der Waals surface area contributed by atoms with E-state index in [0.717, 1.165) is 5.92 Å². The third-order valence-electron chi connectivity index (χ3n) is 2.20. The molecule has 1 saturated heterocycles. The van der Waals surface area contributed by atoms with E-state index in [-0.39, 0.29) is 0 Å². The van der Waals surface area contributed by atoms with Crippen molar-refractivity contribution < 1.29 is 0 Å². The Morgan fingerprint density at radius 1 is 1.42 bits per heavy atom. The van der Waals surface area contributed by atoms with Crippen LogP contribution in [0.15, 0.2) is 0 Å². The summed E-state index contributed by atoms with van der Waals surface area (Å²) < 4.78 is 0. The van der Waals surface area contributed by atoms with Gasteiger partial charge in [-0.05, 0) is 51.9 Å². The molecule has 74 valence electrons. The minimum Gasteiger partial charge on any atom is -0.320 e. The second kappa shape index (κ2) is 9.01. The number of rotatable bonds is 3. The van der Waals surface area contributed by atoms with Crippen LogP contribution in [0.5, 0.6) is 0 Å². The van der Waals surface area contributed by atoms with Crippen LogP contribution in [-0.4, -0.2) is 26.7 Å². The lowest BCUT2D eigenvalue weighted by Crippen LogP contribution is -2.31. The van der Waals surface area contributed by atoms with Crippen molar-refractivity contribution >= 4 is 0 Å². The molecule has 2 nitrogen and oxygen atoms in total. The van der Waals surface area contributed by atoms with E-state index in [2.05, 4.69) is 10.6 Å². The summed E-state index contributed by atoms with van der Waals surface area (Å²) in [6.07, 6.45) is 4.13. The van der Waals surface area contributed by atoms with Crippen LogP contribution in [0.3, 0.4) is 0 Å². The van der Waals surface area contributed by atoms with Gasteiger partial charge < -0.3 is 10.6 Å². The molecule has 1 heterocycles. The molecule has 0 aromatic carbocycles. The van der Waals surface area contributed by atoms with Gasteiger partial charge in [0.1, 0.15) is 0 Å². The molecule has 12 heavy (non-hydrogen) atoms. The van der Waals surface area contributed by atoms with Gasteiger partial charge in [0, 0.05) is 0 Å². The summed E-state index contributed by atoms with van der Waals surface area (Å²) in [7, 11) is 2.02. The first-order chi connectivity index (χ1) is 5.93. The molecule has 0 saturated carbocycles. The summed E-state index contributed by atoms with van der Waals surface area (Å²) in [5.41, 5.74) is 0. The molecule has 2 N–H and O–H groups in total. The zero-order valence-electron chi connectivity index (χ0n) is 8.82. The number of nitrogens with one attached hydrogen (secondary N) is 2. The predicted octanol–water partition coefficient (Wildman–Crippen LogP) is 1.62. The fourth-order valence-corrected chi connectivity index (χ4v) is 1.52. The average molecular weight is 172 g/mol. The smallest absolute Gasteiger partial charge is 0.00200 e. The van der Waals surface area contributed by atoms with Gasteiger partial charge in [-0.3, -0.25) is 0 Å². The van der Waals surface area contributed by atoms with Crippen molar-refractivity contribution in [2.24, 2.45) is 5.92 Å². The van der Waals surface area contributed by atoms with E-state index in [1.807, 2.05) is 20.9 Å². The lowest BCUT2D eigenvalue weighted by atomic mass is 9.96. The van der Waals surface area contributed by atoms with Gasteiger partial charge in [0.15, 0.2) is 0 Å². The number of hydrogen-bond donors (Lipinski definition) is 2. The van der Waals surface area contributed by atoms with Crippen molar-refractivity contribution in [2.45, 2.75) is 33.1 Å². The van der Waals surface area contributed by atoms with Crippen LogP contribution < -0.4 is 10.6 Å². The molecule has 1 aliphatic rings. The van der Waals surface area contributed by atoms with E-state index >= 15 is 0 Å². The first-order valence-corrected chi connectivity index (χ1v) is 5.29. The van der Waals surface area contributed by atoms with Crippen molar-refractivity contribution in [3.63, 3.8) is 0 Å². The Kier molecular flexibility index (Phi) is 8.95. The van der Waals surface area contributed by atoms with Crippen molar-refractivity contribution in [3.8, 4) is 0 Å². The monoisotopic (exact) mass is 172 g/mol. The van der Waals surface area contributed by atoms with Crippen LogP contribution in [0.1, 0.15) is 33.1 Å². The molecule has 1 unspecified atom stereocenters. The van der Waals surface area contributed by atoms with Crippen LogP contribution >= 0.6 is 0 Å². The topological polar surface area (TPSA) is 24.1 Å². The number of hydrogen-bond acceptors (Lipinski definition) is 2. The Hall–Kier alpha value is -0.0800. The van der Waals surface area contributed by atoms with Crippen LogP contribution in [0, 0.1) is 5.92 Å². The largest absolute Gasteiger partial charge is 0.320 e. The maximum Gasteiger partial charge on any atom is -0.00200 e. The summed E-state index contributed by atoms with van der Waals surface area (Å²) in [5, 5.41) is 6.60. The standard InChI is InChI=1S/C8H18N2.C2H6/c1-9-6-4-8-3-2-5-10-7-8;1-2/h8-10H,2-7H2,1H3;1-2H3. The summed E-state index contributed by atoms with van der Waals surface area (Å²) in [4.78, 5) is 0. The zero-order valence-corrected chi connectivity index (χ0v) is 8.82. The molecule has 0 aromatic heterocycles. The summed E-state index contributed by atoms with van der Waals surface area (Å²) >= 11 is 0. The Morgan fingerprint density at radius 3 is 2.67 bits per heavy atom. The normalized spacial score (nSPS) is 22.8. The molecule has 1 fully saturated rings. The van der Waals surface area contributed by atoms with Gasteiger partial charge in [-0.1, -0.05) is 13.8 Å². The second-order valence-corrected chi connectivity index (χ2v) is 3.10. The Morgan fingerprint density at radius 2 is 2.17 bits per heavy atom. The van der Waals surface area contributed by atoms with E-state index in [1.54, 1.807) is 0 Å². The third-order valence-corrected chi connectivity index (χ3v) is 2.20. The molecule has 1 rings (SSSR count). The third kappa shape index (κ3) is 5.56. The molecule has 0 bridgehead atoms. The maximum absolute atomic E-state index is 3.42. The fraction of sp³-hybridized carbons (Fsp3) is 1.00. The highest BCUT2D eigenvalue weighted by molar-refractivity contribution is 4.69. The highest BCUT2D eigenvalue weighted by Gasteiger charge is 2.10. The number of piperidine rings is 1. The molecule has 0 aliphatic carbocycles. The Bertz CT molecular complexity index is 77.9. The van der Waals surface area contributed by atoms with Crippen molar-refractivity contribution in [3.05, 3.63) is 0 Å². The first-order valence-electron chi connectivity index (χ1n) is 5.29. The second-order valence-electron chi connectivity index (χ2n) is 3.10. The van der Waals surface area contributed by atoms with E-state index in [4.69, 9.17) is 0 Å². The highest BCUT2D eigenvalue weighted by atomic mass is 14.9. The van der Waals surface area contributed by atoms with Gasteiger partial charge in [-0.25, -0.2) is 0 Å². The van der Waals surface area contributed by atoms with Gasteiger partial charge in [0.25, 0.3) is 0 Å².